The number of pyridine rings is 1. The van der Waals surface area contributed by atoms with Crippen LogP contribution in [0.4, 0.5) is 0 Å². The molecule has 0 saturated carbocycles. The Bertz CT molecular complexity index is 917. The van der Waals surface area contributed by atoms with Gasteiger partial charge in [-0.3, -0.25) is 9.78 Å². The Morgan fingerprint density at radius 3 is 1.89 bits per heavy atom. The molecule has 0 fully saturated rings. The third-order valence-electron chi connectivity index (χ3n) is 4.10. The first-order valence-electron chi connectivity index (χ1n) is 9.30. The van der Waals surface area contributed by atoms with Crippen LogP contribution in [-0.2, 0) is 4.79 Å². The van der Waals surface area contributed by atoms with Crippen LogP contribution in [0.2, 0.25) is 19.6 Å². The Morgan fingerprint density at radius 1 is 0.857 bits per heavy atom. The summed E-state index contributed by atoms with van der Waals surface area (Å²) in [4.78, 5) is 15.7. The van der Waals surface area contributed by atoms with Crippen LogP contribution in [0.5, 0.6) is 11.5 Å². The Morgan fingerprint density at radius 2 is 1.43 bits per heavy atom. The van der Waals surface area contributed by atoms with E-state index in [1.54, 1.807) is 6.20 Å². The van der Waals surface area contributed by atoms with Crippen LogP contribution < -0.4 is 9.16 Å². The number of benzene rings is 2. The minimum Gasteiger partial charge on any atom is -0.544 e. The van der Waals surface area contributed by atoms with Crippen molar-refractivity contribution in [3.05, 3.63) is 89.7 Å². The fraction of sp³-hybridized carbons (Fsp3) is 0.217. The van der Waals surface area contributed by atoms with Gasteiger partial charge in [0.2, 0.25) is 8.32 Å². The lowest BCUT2D eigenvalue weighted by Crippen LogP contribution is -2.29. The van der Waals surface area contributed by atoms with Gasteiger partial charge >= 0.3 is 5.97 Å². The van der Waals surface area contributed by atoms with Crippen molar-refractivity contribution in [2.24, 2.45) is 0 Å². The molecule has 0 saturated heterocycles. The third kappa shape index (κ3) is 5.30. The zero-order valence-corrected chi connectivity index (χ0v) is 17.7. The van der Waals surface area contributed by atoms with E-state index in [-0.39, 0.29) is 11.9 Å². The summed E-state index contributed by atoms with van der Waals surface area (Å²) in [5.41, 5.74) is 3.16. The number of ether oxygens (including phenoxy) is 1. The molecule has 0 spiro atoms. The highest BCUT2D eigenvalue weighted by Gasteiger charge is 2.20. The van der Waals surface area contributed by atoms with E-state index in [0.717, 1.165) is 22.6 Å². The minimum absolute atomic E-state index is 0.0199. The summed E-state index contributed by atoms with van der Waals surface area (Å²) in [6.45, 7) is 7.90. The van der Waals surface area contributed by atoms with E-state index in [4.69, 9.17) is 9.16 Å². The average molecular weight is 392 g/mol. The first kappa shape index (κ1) is 19.8. The van der Waals surface area contributed by atoms with Crippen LogP contribution in [0.1, 0.15) is 29.7 Å². The Labute approximate surface area is 167 Å². The summed E-state index contributed by atoms with van der Waals surface area (Å²) >= 11 is 0. The van der Waals surface area contributed by atoms with Gasteiger partial charge in [0.05, 0.1) is 11.6 Å². The van der Waals surface area contributed by atoms with Crippen molar-refractivity contribution >= 4 is 14.3 Å². The molecule has 0 aliphatic carbocycles. The first-order chi connectivity index (χ1) is 13.3. The quantitative estimate of drug-likeness (QED) is 0.321. The molecule has 4 nitrogen and oxygen atoms in total. The maximum atomic E-state index is 11.2. The van der Waals surface area contributed by atoms with Gasteiger partial charge in [-0.25, -0.2) is 0 Å². The topological polar surface area (TPSA) is 48.4 Å². The molecule has 0 N–H and O–H groups in total. The number of hydrogen-bond donors (Lipinski definition) is 0. The number of aromatic nitrogens is 1. The highest BCUT2D eigenvalue weighted by molar-refractivity contribution is 6.70. The Kier molecular flexibility index (Phi) is 5.95. The normalized spacial score (nSPS) is 12.3. The van der Waals surface area contributed by atoms with Crippen molar-refractivity contribution in [1.29, 1.82) is 0 Å². The van der Waals surface area contributed by atoms with Crippen LogP contribution in [0.3, 0.4) is 0 Å². The smallest absolute Gasteiger partial charge is 0.308 e. The van der Waals surface area contributed by atoms with E-state index in [9.17, 15) is 4.79 Å². The van der Waals surface area contributed by atoms with Crippen LogP contribution in [0.15, 0.2) is 72.9 Å². The highest BCUT2D eigenvalue weighted by atomic mass is 28.4. The van der Waals surface area contributed by atoms with E-state index in [1.165, 1.54) is 6.92 Å². The van der Waals surface area contributed by atoms with Crippen molar-refractivity contribution in [2.75, 3.05) is 0 Å². The average Bonchev–Trinajstić information content (AvgIpc) is 2.64. The van der Waals surface area contributed by atoms with E-state index in [0.29, 0.717) is 5.75 Å². The predicted molar refractivity (Wildman–Crippen MR) is 113 cm³/mol. The summed E-state index contributed by atoms with van der Waals surface area (Å²) in [6.07, 6.45) is 1.80. The van der Waals surface area contributed by atoms with Crippen LogP contribution in [0, 0.1) is 0 Å². The Balaban J connectivity index is 1.95. The summed E-state index contributed by atoms with van der Waals surface area (Å²) in [6, 6.07) is 21.7. The molecular formula is C23H25NO3Si. The maximum Gasteiger partial charge on any atom is 0.308 e. The largest absolute Gasteiger partial charge is 0.544 e. The second-order valence-electron chi connectivity index (χ2n) is 7.63. The molecule has 3 aromatic rings. The van der Waals surface area contributed by atoms with E-state index in [2.05, 4.69) is 36.8 Å². The van der Waals surface area contributed by atoms with E-state index < -0.39 is 8.32 Å². The molecule has 1 unspecified atom stereocenters. The summed E-state index contributed by atoms with van der Waals surface area (Å²) in [7, 11) is -1.64. The van der Waals surface area contributed by atoms with Gasteiger partial charge in [0.1, 0.15) is 11.5 Å². The Hall–Kier alpha value is -2.92. The molecule has 0 radical (unpaired) electrons. The summed E-state index contributed by atoms with van der Waals surface area (Å²) in [5.74, 6) is 1.09. The van der Waals surface area contributed by atoms with Gasteiger partial charge in [-0.2, -0.15) is 0 Å². The predicted octanol–water partition coefficient (Wildman–Crippen LogP) is 5.40. The van der Waals surface area contributed by atoms with Gasteiger partial charge in [0, 0.05) is 13.1 Å². The van der Waals surface area contributed by atoms with Gasteiger partial charge in [-0.15, -0.1) is 0 Å². The molecule has 3 rings (SSSR count). The van der Waals surface area contributed by atoms with Crippen molar-refractivity contribution in [3.63, 3.8) is 0 Å². The molecule has 1 heterocycles. The standard InChI is InChI=1S/C23H25NO3Si/c1-17(25)26-20-12-8-18(9-13-20)23(22-7-5-6-16-24-22)19-10-14-21(15-11-19)27-28(2,3)4/h5-16,23H,1-4H3. The monoisotopic (exact) mass is 391 g/mol. The zero-order chi connectivity index (χ0) is 20.1. The van der Waals surface area contributed by atoms with Gasteiger partial charge in [-0.05, 0) is 67.2 Å². The van der Waals surface area contributed by atoms with E-state index in [1.807, 2.05) is 54.6 Å². The van der Waals surface area contributed by atoms with E-state index >= 15 is 0 Å². The lowest BCUT2D eigenvalue weighted by atomic mass is 9.88. The summed E-state index contributed by atoms with van der Waals surface area (Å²) < 4.78 is 11.2. The highest BCUT2D eigenvalue weighted by Crippen LogP contribution is 2.33. The lowest BCUT2D eigenvalue weighted by molar-refractivity contribution is -0.131. The molecule has 0 bridgehead atoms. The van der Waals surface area contributed by atoms with Gasteiger partial charge in [0.15, 0.2) is 0 Å². The lowest BCUT2D eigenvalue weighted by Gasteiger charge is -2.21. The number of carbonyl (C=O) groups excluding carboxylic acids is 1. The molecule has 28 heavy (non-hydrogen) atoms. The van der Waals surface area contributed by atoms with Crippen molar-refractivity contribution in [3.8, 4) is 11.5 Å². The van der Waals surface area contributed by atoms with Crippen LogP contribution in [-0.4, -0.2) is 19.3 Å². The third-order valence-corrected chi connectivity index (χ3v) is 4.94. The molecule has 1 atom stereocenters. The fourth-order valence-electron chi connectivity index (χ4n) is 3.06. The van der Waals surface area contributed by atoms with Crippen molar-refractivity contribution < 1.29 is 14.0 Å². The fourth-order valence-corrected chi connectivity index (χ4v) is 3.90. The molecule has 144 valence electrons. The van der Waals surface area contributed by atoms with Crippen LogP contribution >= 0.6 is 0 Å². The van der Waals surface area contributed by atoms with Gasteiger partial charge < -0.3 is 9.16 Å². The zero-order valence-electron chi connectivity index (χ0n) is 16.7. The number of nitrogens with zero attached hydrogens (tertiary/aromatic N) is 1. The molecule has 0 aliphatic heterocycles. The van der Waals surface area contributed by atoms with Gasteiger partial charge in [-0.1, -0.05) is 30.3 Å². The number of hydrogen-bond acceptors (Lipinski definition) is 4. The SMILES string of the molecule is CC(=O)Oc1ccc(C(c2ccc(O[Si](C)(C)C)cc2)c2ccccn2)cc1. The minimum atomic E-state index is -1.64. The first-order valence-corrected chi connectivity index (χ1v) is 12.7. The van der Waals surface area contributed by atoms with Crippen molar-refractivity contribution in [1.82, 2.24) is 4.98 Å². The second kappa shape index (κ2) is 8.40. The molecule has 2 aromatic carbocycles. The van der Waals surface area contributed by atoms with Crippen molar-refractivity contribution in [2.45, 2.75) is 32.5 Å². The molecular weight excluding hydrogens is 366 g/mol. The van der Waals surface area contributed by atoms with Crippen LogP contribution in [0.25, 0.3) is 0 Å². The summed E-state index contributed by atoms with van der Waals surface area (Å²) in [5, 5.41) is 0. The molecule has 0 amide bonds. The number of rotatable bonds is 6. The second-order valence-corrected chi connectivity index (χ2v) is 12.1. The number of carbonyl (C=O) groups is 1. The maximum absolute atomic E-state index is 11.2. The molecule has 0 aliphatic rings. The van der Waals surface area contributed by atoms with Gasteiger partial charge in [0.25, 0.3) is 0 Å². The molecule has 5 heteroatoms. The number of esters is 1. The molecule has 1 aromatic heterocycles.